The van der Waals surface area contributed by atoms with Crippen molar-refractivity contribution in [1.29, 1.82) is 0 Å². The van der Waals surface area contributed by atoms with Crippen LogP contribution in [0.1, 0.15) is 32.1 Å². The highest BCUT2D eigenvalue weighted by molar-refractivity contribution is 8.13. The number of rotatable bonds is 1. The van der Waals surface area contributed by atoms with E-state index in [9.17, 15) is 9.59 Å². The predicted octanol–water partition coefficient (Wildman–Crippen LogP) is 1.91. The lowest BCUT2D eigenvalue weighted by atomic mass is 9.94. The van der Waals surface area contributed by atoms with Crippen LogP contribution in [0.4, 0.5) is 9.59 Å². The van der Waals surface area contributed by atoms with Crippen LogP contribution < -0.4 is 5.73 Å². The molecule has 1 fully saturated rings. The van der Waals surface area contributed by atoms with Gasteiger partial charge in [-0.1, -0.05) is 18.2 Å². The van der Waals surface area contributed by atoms with E-state index in [4.69, 9.17) is 5.73 Å². The summed E-state index contributed by atoms with van der Waals surface area (Å²) in [6.45, 7) is 0. The van der Waals surface area contributed by atoms with Gasteiger partial charge in [-0.25, -0.2) is 14.5 Å². The van der Waals surface area contributed by atoms with E-state index in [0.29, 0.717) is 5.17 Å². The molecule has 1 aliphatic heterocycles. The molecule has 1 unspecified atom stereocenters. The normalized spacial score (nSPS) is 29.6. The number of amidine groups is 1. The Balaban J connectivity index is 2.41. The van der Waals surface area contributed by atoms with Gasteiger partial charge in [-0.05, 0) is 28.8 Å². The molecule has 0 spiro atoms. The second-order valence-corrected chi connectivity index (χ2v) is 5.52. The van der Waals surface area contributed by atoms with E-state index in [1.807, 2.05) is 6.26 Å². The van der Waals surface area contributed by atoms with Crippen molar-refractivity contribution in [3.8, 4) is 0 Å². The predicted molar refractivity (Wildman–Crippen MR) is 70.8 cm³/mol. The molecule has 100 valence electrons. The minimum absolute atomic E-state index is 0.101. The molecular weight excluding hydrogens is 252 g/mol. The Morgan fingerprint density at radius 2 is 2.06 bits per heavy atom. The Bertz CT molecular complexity index is 406. The summed E-state index contributed by atoms with van der Waals surface area (Å²) in [5.41, 5.74) is 5.50. The zero-order chi connectivity index (χ0) is 13.3. The van der Waals surface area contributed by atoms with Crippen LogP contribution in [0.15, 0.2) is 5.10 Å². The van der Waals surface area contributed by atoms with Crippen molar-refractivity contribution < 1.29 is 14.2 Å². The lowest BCUT2D eigenvalue weighted by Crippen LogP contribution is -2.61. The fourth-order valence-corrected chi connectivity index (χ4v) is 3.31. The highest BCUT2D eigenvalue weighted by atomic mass is 32.2. The fourth-order valence-electron chi connectivity index (χ4n) is 2.75. The number of nitrogens with zero attached hydrogens (tertiary/aromatic N) is 3. The van der Waals surface area contributed by atoms with Gasteiger partial charge in [0.1, 0.15) is 6.04 Å². The van der Waals surface area contributed by atoms with E-state index in [1.54, 1.807) is 7.05 Å². The monoisotopic (exact) mass is 271 g/mol. The first-order valence-corrected chi connectivity index (χ1v) is 7.37. The molecule has 1 atom stereocenters. The number of quaternary nitrogens is 1. The van der Waals surface area contributed by atoms with Crippen LogP contribution in [-0.2, 0) is 0 Å². The molecule has 0 aromatic heterocycles. The van der Waals surface area contributed by atoms with Crippen LogP contribution in [0.2, 0.25) is 0 Å². The smallest absolute Gasteiger partial charge is 0.316 e. The highest BCUT2D eigenvalue weighted by Crippen LogP contribution is 2.35. The molecule has 0 radical (unpaired) electrons. The van der Waals surface area contributed by atoms with Crippen molar-refractivity contribution in [1.82, 2.24) is 4.90 Å². The Morgan fingerprint density at radius 3 is 2.50 bits per heavy atom. The Kier molecular flexibility index (Phi) is 3.63. The quantitative estimate of drug-likeness (QED) is 0.740. The number of carbonyl (C=O) groups is 2. The summed E-state index contributed by atoms with van der Waals surface area (Å²) in [5, 5.41) is 4.90. The lowest BCUT2D eigenvalue weighted by molar-refractivity contribution is -0.801. The molecule has 1 aliphatic carbocycles. The molecule has 0 aromatic carbocycles. The summed E-state index contributed by atoms with van der Waals surface area (Å²) in [7, 11) is 1.64. The van der Waals surface area contributed by atoms with Crippen molar-refractivity contribution in [3.63, 3.8) is 0 Å². The topological polar surface area (TPSA) is 75.8 Å². The molecule has 0 aromatic rings. The number of thioether (sulfide) groups is 1. The van der Waals surface area contributed by atoms with Gasteiger partial charge in [0.2, 0.25) is 5.17 Å². The van der Waals surface area contributed by atoms with Crippen molar-refractivity contribution in [2.75, 3.05) is 13.3 Å². The fraction of sp³-hybridized carbons (Fsp3) is 0.727. The van der Waals surface area contributed by atoms with Gasteiger partial charge >= 0.3 is 12.1 Å². The molecule has 2 N–H and O–H groups in total. The largest absolute Gasteiger partial charge is 0.461 e. The summed E-state index contributed by atoms with van der Waals surface area (Å²) >= 11 is 1.36. The summed E-state index contributed by atoms with van der Waals surface area (Å²) in [4.78, 5) is 25.7. The molecule has 1 heterocycles. The molecule has 1 saturated carbocycles. The van der Waals surface area contributed by atoms with E-state index in [-0.39, 0.29) is 12.1 Å². The number of hydrogen-bond donors (Lipinski definition) is 1. The van der Waals surface area contributed by atoms with Gasteiger partial charge in [-0.2, -0.15) is 0 Å². The second kappa shape index (κ2) is 4.89. The maximum Gasteiger partial charge on any atom is 0.461 e. The van der Waals surface area contributed by atoms with Gasteiger partial charge in [0.25, 0.3) is 0 Å². The molecule has 0 saturated heterocycles. The summed E-state index contributed by atoms with van der Waals surface area (Å²) < 4.78 is -0.563. The van der Waals surface area contributed by atoms with Gasteiger partial charge < -0.3 is 5.73 Å². The van der Waals surface area contributed by atoms with Crippen molar-refractivity contribution in [2.45, 2.75) is 38.1 Å². The number of nitrogens with two attached hydrogens (primary N) is 1. The van der Waals surface area contributed by atoms with Gasteiger partial charge in [-0.3, -0.25) is 0 Å². The number of primary amides is 1. The first-order valence-electron chi connectivity index (χ1n) is 6.15. The molecule has 4 amide bonds. The Morgan fingerprint density at radius 1 is 1.44 bits per heavy atom. The number of imide groups is 1. The average molecular weight is 271 g/mol. The van der Waals surface area contributed by atoms with Crippen LogP contribution in [0.25, 0.3) is 0 Å². The first-order chi connectivity index (χ1) is 8.54. The van der Waals surface area contributed by atoms with Crippen LogP contribution in [0, 0.1) is 0 Å². The molecule has 2 rings (SSSR count). The molecule has 2 aliphatic rings. The zero-order valence-corrected chi connectivity index (χ0v) is 11.6. The standard InChI is InChI=1S/C11H18N4O2S/c1-14-10(18-2)13-15(9(12)16,11(14)17)8-6-4-3-5-7-8/h8H,3-7H2,1-2H3,(H-,12,16)/p+1. The van der Waals surface area contributed by atoms with Crippen LogP contribution >= 0.6 is 11.8 Å². The number of hydrogen-bond acceptors (Lipinski definition) is 4. The van der Waals surface area contributed by atoms with Crippen molar-refractivity contribution >= 4 is 29.0 Å². The number of carbonyl (C=O) groups excluding carboxylic acids is 2. The van der Waals surface area contributed by atoms with E-state index < -0.39 is 10.6 Å². The Hall–Kier alpha value is -1.08. The molecule has 6 nitrogen and oxygen atoms in total. The minimum Gasteiger partial charge on any atom is -0.316 e. The second-order valence-electron chi connectivity index (χ2n) is 4.74. The SMILES string of the molecule is CSC1=N[N+](C(N)=O)(C2CCCCC2)C(=O)N1C. The Labute approximate surface area is 111 Å². The molecule has 7 heteroatoms. The number of amides is 4. The van der Waals surface area contributed by atoms with Crippen LogP contribution in [-0.4, -0.2) is 46.1 Å². The van der Waals surface area contributed by atoms with Gasteiger partial charge in [-0.15, -0.1) is 0 Å². The molecule has 18 heavy (non-hydrogen) atoms. The highest BCUT2D eigenvalue weighted by Gasteiger charge is 2.58. The average Bonchev–Trinajstić information content (AvgIpc) is 2.65. The third-order valence-electron chi connectivity index (χ3n) is 3.73. The third kappa shape index (κ3) is 1.81. The van der Waals surface area contributed by atoms with Crippen LogP contribution in [0.5, 0.6) is 0 Å². The molecular formula is C11H19N4O2S+. The summed E-state index contributed by atoms with van der Waals surface area (Å²) in [6.07, 6.45) is 6.70. The van der Waals surface area contributed by atoms with Crippen molar-refractivity contribution in [3.05, 3.63) is 0 Å². The van der Waals surface area contributed by atoms with E-state index in [0.717, 1.165) is 32.1 Å². The van der Waals surface area contributed by atoms with Gasteiger partial charge in [0, 0.05) is 19.9 Å². The van der Waals surface area contributed by atoms with Gasteiger partial charge in [0.15, 0.2) is 0 Å². The van der Waals surface area contributed by atoms with E-state index in [2.05, 4.69) is 5.10 Å². The van der Waals surface area contributed by atoms with E-state index in [1.165, 1.54) is 16.7 Å². The first kappa shape index (κ1) is 13.4. The summed E-state index contributed by atoms with van der Waals surface area (Å²) in [5.74, 6) is 0. The maximum absolute atomic E-state index is 12.4. The third-order valence-corrected chi connectivity index (χ3v) is 4.45. The van der Waals surface area contributed by atoms with Gasteiger partial charge in [0.05, 0.1) is 0 Å². The molecule has 0 bridgehead atoms. The van der Waals surface area contributed by atoms with E-state index >= 15 is 0 Å². The number of urea groups is 2. The van der Waals surface area contributed by atoms with Crippen LogP contribution in [0.3, 0.4) is 0 Å². The minimum atomic E-state index is -0.664. The zero-order valence-electron chi connectivity index (χ0n) is 10.8. The summed E-state index contributed by atoms with van der Waals surface area (Å²) in [6, 6.07) is -1.09. The van der Waals surface area contributed by atoms with Crippen molar-refractivity contribution in [2.24, 2.45) is 10.8 Å². The lowest BCUT2D eigenvalue weighted by Gasteiger charge is -2.31. The maximum atomic E-state index is 12.4.